The second-order valence-corrected chi connectivity index (χ2v) is 4.42. The van der Waals surface area contributed by atoms with Gasteiger partial charge in [0.15, 0.2) is 5.75 Å². The molecule has 0 saturated carbocycles. The van der Waals surface area contributed by atoms with Crippen molar-refractivity contribution in [1.29, 1.82) is 0 Å². The van der Waals surface area contributed by atoms with Crippen molar-refractivity contribution >= 4 is 0 Å². The van der Waals surface area contributed by atoms with Crippen LogP contribution in [0.25, 0.3) is 0 Å². The lowest BCUT2D eigenvalue weighted by Crippen LogP contribution is -2.13. The van der Waals surface area contributed by atoms with Crippen molar-refractivity contribution in [2.24, 2.45) is 0 Å². The van der Waals surface area contributed by atoms with E-state index in [0.29, 0.717) is 6.61 Å². The summed E-state index contributed by atoms with van der Waals surface area (Å²) in [5.41, 5.74) is 1.15. The van der Waals surface area contributed by atoms with E-state index in [1.807, 2.05) is 23.9 Å². The predicted molar refractivity (Wildman–Crippen MR) is 72.9 cm³/mol. The van der Waals surface area contributed by atoms with Gasteiger partial charge in [-0.25, -0.2) is 0 Å². The molecule has 2 aromatic heterocycles. The second kappa shape index (κ2) is 6.99. The predicted octanol–water partition coefficient (Wildman–Crippen LogP) is 2.57. The van der Waals surface area contributed by atoms with Crippen LogP contribution in [0.2, 0.25) is 0 Å². The van der Waals surface area contributed by atoms with Crippen LogP contribution in [-0.4, -0.2) is 16.3 Å². The maximum atomic E-state index is 5.62. The third kappa shape index (κ3) is 4.13. The number of nitrogens with zero attached hydrogens (tertiary/aromatic N) is 2. The van der Waals surface area contributed by atoms with E-state index in [4.69, 9.17) is 9.15 Å². The lowest BCUT2D eigenvalue weighted by molar-refractivity contribution is 0.270. The van der Waals surface area contributed by atoms with Gasteiger partial charge in [-0.05, 0) is 26.0 Å². The number of hydrogen-bond acceptors (Lipinski definition) is 4. The lowest BCUT2D eigenvalue weighted by atomic mass is 10.3. The molecule has 0 unspecified atom stereocenters. The summed E-state index contributed by atoms with van der Waals surface area (Å²) in [5, 5.41) is 7.49. The monoisotopic (exact) mass is 263 g/mol. The normalized spacial score (nSPS) is 10.8. The Kier molecular flexibility index (Phi) is 5.03. The Labute approximate surface area is 113 Å². The van der Waals surface area contributed by atoms with E-state index in [9.17, 15) is 0 Å². The summed E-state index contributed by atoms with van der Waals surface area (Å²) in [6, 6.07) is 2.02. The van der Waals surface area contributed by atoms with Gasteiger partial charge in [0.25, 0.3) is 0 Å². The van der Waals surface area contributed by atoms with Gasteiger partial charge in [-0.3, -0.25) is 4.68 Å². The van der Waals surface area contributed by atoms with Crippen LogP contribution in [0, 0.1) is 0 Å². The van der Waals surface area contributed by atoms with Crippen LogP contribution in [0.3, 0.4) is 0 Å². The molecule has 0 aliphatic heterocycles. The van der Waals surface area contributed by atoms with Crippen molar-refractivity contribution in [2.45, 2.75) is 40.0 Å². The highest BCUT2D eigenvalue weighted by molar-refractivity contribution is 5.15. The molecule has 0 spiro atoms. The third-order valence-electron chi connectivity index (χ3n) is 2.78. The molecule has 0 aliphatic rings. The molecule has 2 rings (SSSR count). The Bertz CT molecular complexity index is 490. The van der Waals surface area contributed by atoms with Crippen molar-refractivity contribution in [2.75, 3.05) is 6.54 Å². The van der Waals surface area contributed by atoms with Crippen LogP contribution in [0.1, 0.15) is 31.6 Å². The molecule has 0 fully saturated rings. The second-order valence-electron chi connectivity index (χ2n) is 4.42. The van der Waals surface area contributed by atoms with Crippen molar-refractivity contribution in [1.82, 2.24) is 15.1 Å². The van der Waals surface area contributed by atoms with Crippen LogP contribution < -0.4 is 10.1 Å². The fraction of sp³-hybridized carbons (Fsp3) is 0.500. The molecule has 104 valence electrons. The fourth-order valence-electron chi connectivity index (χ4n) is 1.75. The highest BCUT2D eigenvalue weighted by Crippen LogP contribution is 2.13. The summed E-state index contributed by atoms with van der Waals surface area (Å²) >= 11 is 0. The van der Waals surface area contributed by atoms with E-state index >= 15 is 0 Å². The van der Waals surface area contributed by atoms with E-state index in [1.54, 1.807) is 12.5 Å². The molecule has 1 N–H and O–H groups in total. The van der Waals surface area contributed by atoms with Gasteiger partial charge < -0.3 is 14.5 Å². The summed E-state index contributed by atoms with van der Waals surface area (Å²) in [7, 11) is 0. The molecule has 0 radical (unpaired) electrons. The smallest absolute Gasteiger partial charge is 0.157 e. The Hall–Kier alpha value is -1.75. The number of ether oxygens (including phenoxy) is 1. The summed E-state index contributed by atoms with van der Waals surface area (Å²) in [6.45, 7) is 7.33. The minimum atomic E-state index is 0.434. The summed E-state index contributed by atoms with van der Waals surface area (Å²) < 4.78 is 12.9. The number of hydrogen-bond donors (Lipinski definition) is 1. The third-order valence-corrected chi connectivity index (χ3v) is 2.78. The Morgan fingerprint density at radius 2 is 2.32 bits per heavy atom. The van der Waals surface area contributed by atoms with Crippen molar-refractivity contribution in [3.8, 4) is 5.75 Å². The molecular formula is C14H21N3O2. The quantitative estimate of drug-likeness (QED) is 0.744. The lowest BCUT2D eigenvalue weighted by Gasteiger charge is -1.99. The van der Waals surface area contributed by atoms with Crippen molar-refractivity contribution in [3.63, 3.8) is 0 Å². The highest BCUT2D eigenvalue weighted by atomic mass is 16.5. The molecule has 5 nitrogen and oxygen atoms in total. The first-order valence-corrected chi connectivity index (χ1v) is 6.74. The van der Waals surface area contributed by atoms with Gasteiger partial charge in [-0.15, -0.1) is 0 Å². The number of nitrogens with one attached hydrogen (secondary N) is 1. The zero-order valence-electron chi connectivity index (χ0n) is 11.6. The zero-order chi connectivity index (χ0) is 13.5. The van der Waals surface area contributed by atoms with Gasteiger partial charge in [0, 0.05) is 18.7 Å². The maximum absolute atomic E-state index is 5.62. The summed E-state index contributed by atoms with van der Waals surface area (Å²) in [6.07, 6.45) is 6.51. The Balaban J connectivity index is 1.79. The first-order chi connectivity index (χ1) is 9.31. The number of aromatic nitrogens is 2. The molecule has 0 amide bonds. The first kappa shape index (κ1) is 13.7. The number of rotatable bonds is 8. The maximum Gasteiger partial charge on any atom is 0.157 e. The van der Waals surface area contributed by atoms with Crippen LogP contribution in [0.15, 0.2) is 29.1 Å². The first-order valence-electron chi connectivity index (χ1n) is 6.74. The molecule has 0 saturated heterocycles. The number of furan rings is 1. The minimum absolute atomic E-state index is 0.434. The Morgan fingerprint density at radius 3 is 3.05 bits per heavy atom. The van der Waals surface area contributed by atoms with Crippen LogP contribution in [0.5, 0.6) is 5.75 Å². The van der Waals surface area contributed by atoms with Gasteiger partial charge in [0.1, 0.15) is 12.4 Å². The molecule has 19 heavy (non-hydrogen) atoms. The largest absolute Gasteiger partial charge is 0.482 e. The van der Waals surface area contributed by atoms with Crippen LogP contribution in [0.4, 0.5) is 0 Å². The minimum Gasteiger partial charge on any atom is -0.482 e. The molecule has 5 heteroatoms. The molecule has 2 heterocycles. The zero-order valence-corrected chi connectivity index (χ0v) is 11.6. The fourth-order valence-corrected chi connectivity index (χ4v) is 1.75. The van der Waals surface area contributed by atoms with E-state index < -0.39 is 0 Å². The molecule has 2 aromatic rings. The van der Waals surface area contributed by atoms with Gasteiger partial charge in [-0.1, -0.05) is 6.92 Å². The van der Waals surface area contributed by atoms with Crippen molar-refractivity contribution < 1.29 is 9.15 Å². The van der Waals surface area contributed by atoms with E-state index in [-0.39, 0.29) is 0 Å². The van der Waals surface area contributed by atoms with E-state index in [0.717, 1.165) is 43.1 Å². The highest BCUT2D eigenvalue weighted by Gasteiger charge is 2.04. The molecule has 0 aliphatic carbocycles. The Morgan fingerprint density at radius 1 is 1.42 bits per heavy atom. The van der Waals surface area contributed by atoms with Gasteiger partial charge >= 0.3 is 0 Å². The standard InChI is InChI=1S/C14H21N3O2/c1-3-5-15-7-12-6-13(18-10-12)11-19-14-8-16-17(4-2)9-14/h6,8-10,15H,3-5,7,11H2,1-2H3. The van der Waals surface area contributed by atoms with E-state index in [1.165, 1.54) is 0 Å². The SMILES string of the molecule is CCCNCc1coc(COc2cnn(CC)c2)c1. The van der Waals surface area contributed by atoms with Crippen LogP contribution in [-0.2, 0) is 19.7 Å². The average molecular weight is 263 g/mol. The molecular weight excluding hydrogens is 242 g/mol. The van der Waals surface area contributed by atoms with Gasteiger partial charge in [0.2, 0.25) is 0 Å². The summed E-state index contributed by atoms with van der Waals surface area (Å²) in [5.74, 6) is 1.60. The van der Waals surface area contributed by atoms with Gasteiger partial charge in [-0.2, -0.15) is 5.10 Å². The topological polar surface area (TPSA) is 52.2 Å². The molecule has 0 bridgehead atoms. The van der Waals surface area contributed by atoms with Gasteiger partial charge in [0.05, 0.1) is 18.7 Å². The number of aryl methyl sites for hydroxylation is 1. The average Bonchev–Trinajstić information content (AvgIpc) is 3.05. The molecule has 0 aromatic carbocycles. The van der Waals surface area contributed by atoms with Crippen molar-refractivity contribution in [3.05, 3.63) is 36.0 Å². The molecule has 0 atom stereocenters. The van der Waals surface area contributed by atoms with E-state index in [2.05, 4.69) is 17.3 Å². The van der Waals surface area contributed by atoms with Crippen LogP contribution >= 0.6 is 0 Å². The summed E-state index contributed by atoms with van der Waals surface area (Å²) in [4.78, 5) is 0.